The third-order valence-corrected chi connectivity index (χ3v) is 4.13. The largest absolute Gasteiger partial charge is 0.447 e. The molecule has 1 saturated heterocycles. The van der Waals surface area contributed by atoms with Crippen LogP contribution in [-0.2, 0) is 16.0 Å². The third kappa shape index (κ3) is 2.99. The van der Waals surface area contributed by atoms with Gasteiger partial charge in [0.1, 0.15) is 6.61 Å². The smallest absolute Gasteiger partial charge is 0.416 e. The van der Waals surface area contributed by atoms with Crippen molar-refractivity contribution in [2.75, 3.05) is 6.61 Å². The van der Waals surface area contributed by atoms with E-state index in [1.165, 1.54) is 4.90 Å². The first kappa shape index (κ1) is 13.9. The highest BCUT2D eigenvalue weighted by Gasteiger charge is 2.40. The van der Waals surface area contributed by atoms with Gasteiger partial charge in [-0.2, -0.15) is 0 Å². The molecule has 110 valence electrons. The van der Waals surface area contributed by atoms with E-state index in [1.54, 1.807) is 0 Å². The van der Waals surface area contributed by atoms with Gasteiger partial charge in [0.15, 0.2) is 0 Å². The molecule has 0 saturated carbocycles. The van der Waals surface area contributed by atoms with Crippen LogP contribution in [-0.4, -0.2) is 29.5 Å². The van der Waals surface area contributed by atoms with Gasteiger partial charge in [0.2, 0.25) is 5.91 Å². The van der Waals surface area contributed by atoms with Crippen LogP contribution in [0.2, 0.25) is 0 Å². The number of hydrogen-bond donors (Lipinski definition) is 0. The first-order chi connectivity index (χ1) is 10.3. The van der Waals surface area contributed by atoms with Gasteiger partial charge in [-0.15, -0.1) is 0 Å². The van der Waals surface area contributed by atoms with Crippen LogP contribution in [0.15, 0.2) is 42.5 Å². The highest BCUT2D eigenvalue weighted by atomic mass is 16.6. The molecule has 1 aliphatic heterocycles. The maximum absolute atomic E-state index is 12.6. The number of hydrogen-bond acceptors (Lipinski definition) is 3. The van der Waals surface area contributed by atoms with Gasteiger partial charge in [-0.3, -0.25) is 4.79 Å². The molecule has 0 aromatic heterocycles. The standard InChI is InChI=1S/C17H19NO3/c19-16(14-9-5-2-6-10-14)18-15(12-21-17(18)20)11-13-7-3-1-4-8-13/h1-5,7-8,14-15H,6,9-12H2/t14?,15-/m1/s1. The van der Waals surface area contributed by atoms with Gasteiger partial charge in [-0.05, 0) is 31.2 Å². The summed E-state index contributed by atoms with van der Waals surface area (Å²) in [5, 5.41) is 0. The SMILES string of the molecule is O=C1OC[C@@H](Cc2ccccc2)N1C(=O)C1CC=CCC1. The Labute approximate surface area is 124 Å². The predicted octanol–water partition coefficient (Wildman–Crippen LogP) is 2.93. The molecule has 3 rings (SSSR count). The number of carbonyl (C=O) groups excluding carboxylic acids is 2. The van der Waals surface area contributed by atoms with E-state index >= 15 is 0 Å². The van der Waals surface area contributed by atoms with Gasteiger partial charge in [0, 0.05) is 5.92 Å². The summed E-state index contributed by atoms with van der Waals surface area (Å²) in [4.78, 5) is 25.9. The lowest BCUT2D eigenvalue weighted by molar-refractivity contribution is -0.133. The predicted molar refractivity (Wildman–Crippen MR) is 78.6 cm³/mol. The number of benzene rings is 1. The van der Waals surface area contributed by atoms with Crippen molar-refractivity contribution in [2.45, 2.75) is 31.7 Å². The second kappa shape index (κ2) is 6.12. The van der Waals surface area contributed by atoms with Crippen LogP contribution in [0.1, 0.15) is 24.8 Å². The molecule has 2 aliphatic rings. The molecule has 0 radical (unpaired) electrons. The van der Waals surface area contributed by atoms with Gasteiger partial charge < -0.3 is 4.74 Å². The zero-order valence-corrected chi connectivity index (χ0v) is 11.9. The van der Waals surface area contributed by atoms with E-state index in [0.717, 1.165) is 24.8 Å². The van der Waals surface area contributed by atoms with Crippen molar-refractivity contribution in [3.63, 3.8) is 0 Å². The van der Waals surface area contributed by atoms with Crippen molar-refractivity contribution in [3.05, 3.63) is 48.0 Å². The number of ether oxygens (including phenoxy) is 1. The molecular formula is C17H19NO3. The number of amides is 2. The molecule has 1 aromatic carbocycles. The van der Waals surface area contributed by atoms with Gasteiger partial charge in [-0.25, -0.2) is 9.69 Å². The average molecular weight is 285 g/mol. The van der Waals surface area contributed by atoms with Crippen molar-refractivity contribution >= 4 is 12.0 Å². The molecule has 1 unspecified atom stereocenters. The first-order valence-electron chi connectivity index (χ1n) is 7.44. The highest BCUT2D eigenvalue weighted by Crippen LogP contribution is 2.25. The Morgan fingerprint density at radius 3 is 2.76 bits per heavy atom. The summed E-state index contributed by atoms with van der Waals surface area (Å²) in [6, 6.07) is 9.72. The third-order valence-electron chi connectivity index (χ3n) is 4.13. The summed E-state index contributed by atoms with van der Waals surface area (Å²) >= 11 is 0. The molecule has 4 heteroatoms. The fourth-order valence-electron chi connectivity index (χ4n) is 2.98. The maximum Gasteiger partial charge on any atom is 0.416 e. The summed E-state index contributed by atoms with van der Waals surface area (Å²) in [6.45, 7) is 0.294. The van der Waals surface area contributed by atoms with Gasteiger partial charge in [0.05, 0.1) is 6.04 Å². The van der Waals surface area contributed by atoms with Crippen molar-refractivity contribution in [1.29, 1.82) is 0 Å². The minimum Gasteiger partial charge on any atom is -0.447 e. The second-order valence-electron chi connectivity index (χ2n) is 5.61. The molecule has 0 bridgehead atoms. The number of rotatable bonds is 3. The molecular weight excluding hydrogens is 266 g/mol. The Morgan fingerprint density at radius 1 is 1.24 bits per heavy atom. The summed E-state index contributed by atoms with van der Waals surface area (Å²) in [6.07, 6.45) is 6.73. The molecule has 1 heterocycles. The van der Waals surface area contributed by atoms with Crippen LogP contribution in [0.4, 0.5) is 4.79 Å². The topological polar surface area (TPSA) is 46.6 Å². The quantitative estimate of drug-likeness (QED) is 0.802. The minimum absolute atomic E-state index is 0.0808. The first-order valence-corrected chi connectivity index (χ1v) is 7.44. The molecule has 2 amide bonds. The summed E-state index contributed by atoms with van der Waals surface area (Å²) < 4.78 is 5.11. The number of allylic oxidation sites excluding steroid dienone is 2. The van der Waals surface area contributed by atoms with E-state index in [4.69, 9.17) is 4.74 Å². The minimum atomic E-state index is -0.490. The highest BCUT2D eigenvalue weighted by molar-refractivity contribution is 5.95. The van der Waals surface area contributed by atoms with Crippen molar-refractivity contribution in [1.82, 2.24) is 4.90 Å². The van der Waals surface area contributed by atoms with E-state index in [2.05, 4.69) is 6.08 Å². The Hall–Kier alpha value is -2.10. The second-order valence-corrected chi connectivity index (χ2v) is 5.61. The number of nitrogens with zero attached hydrogens (tertiary/aromatic N) is 1. The van der Waals surface area contributed by atoms with Crippen LogP contribution in [0.5, 0.6) is 0 Å². The lowest BCUT2D eigenvalue weighted by Gasteiger charge is -2.25. The Balaban J connectivity index is 1.73. The van der Waals surface area contributed by atoms with Crippen LogP contribution >= 0.6 is 0 Å². The molecule has 21 heavy (non-hydrogen) atoms. The van der Waals surface area contributed by atoms with Gasteiger partial charge >= 0.3 is 6.09 Å². The number of carbonyl (C=O) groups is 2. The van der Waals surface area contributed by atoms with Crippen LogP contribution in [0.3, 0.4) is 0 Å². The number of imide groups is 1. The molecule has 0 N–H and O–H groups in total. The fourth-order valence-corrected chi connectivity index (χ4v) is 2.98. The van der Waals surface area contributed by atoms with E-state index in [-0.39, 0.29) is 17.9 Å². The molecule has 2 atom stereocenters. The zero-order valence-electron chi connectivity index (χ0n) is 11.9. The Bertz CT molecular complexity index is 552. The molecule has 1 aliphatic carbocycles. The zero-order chi connectivity index (χ0) is 14.7. The average Bonchev–Trinajstić information content (AvgIpc) is 2.89. The molecule has 4 nitrogen and oxygen atoms in total. The van der Waals surface area contributed by atoms with E-state index in [9.17, 15) is 9.59 Å². The van der Waals surface area contributed by atoms with Crippen molar-refractivity contribution in [2.24, 2.45) is 5.92 Å². The molecule has 1 fully saturated rings. The van der Waals surface area contributed by atoms with Crippen LogP contribution in [0.25, 0.3) is 0 Å². The van der Waals surface area contributed by atoms with E-state index in [0.29, 0.717) is 13.0 Å². The summed E-state index contributed by atoms with van der Waals surface area (Å²) in [7, 11) is 0. The van der Waals surface area contributed by atoms with Gasteiger partial charge in [-0.1, -0.05) is 42.5 Å². The van der Waals surface area contributed by atoms with E-state index < -0.39 is 6.09 Å². The summed E-state index contributed by atoms with van der Waals surface area (Å²) in [5.74, 6) is -0.165. The fraction of sp³-hybridized carbons (Fsp3) is 0.412. The normalized spacial score (nSPS) is 25.0. The van der Waals surface area contributed by atoms with Crippen molar-refractivity contribution < 1.29 is 14.3 Å². The Morgan fingerprint density at radius 2 is 2.05 bits per heavy atom. The van der Waals surface area contributed by atoms with Crippen LogP contribution < -0.4 is 0 Å². The van der Waals surface area contributed by atoms with Gasteiger partial charge in [0.25, 0.3) is 0 Å². The van der Waals surface area contributed by atoms with Crippen LogP contribution in [0, 0.1) is 5.92 Å². The van der Waals surface area contributed by atoms with E-state index in [1.807, 2.05) is 36.4 Å². The lowest BCUT2D eigenvalue weighted by Crippen LogP contribution is -2.43. The number of cyclic esters (lactones) is 1. The summed E-state index contributed by atoms with van der Waals surface area (Å²) in [5.41, 5.74) is 1.11. The van der Waals surface area contributed by atoms with Crippen molar-refractivity contribution in [3.8, 4) is 0 Å². The molecule has 1 aromatic rings. The Kier molecular flexibility index (Phi) is 4.04. The monoisotopic (exact) mass is 285 g/mol. The molecule has 0 spiro atoms. The maximum atomic E-state index is 12.6. The lowest BCUT2D eigenvalue weighted by atomic mass is 9.92.